The number of likely N-dealkylation sites (N-methyl/N-ethyl adjacent to an activating group) is 1. The van der Waals surface area contributed by atoms with Gasteiger partial charge in [-0.05, 0) is 49.1 Å². The van der Waals surface area contributed by atoms with Gasteiger partial charge in [0.25, 0.3) is 0 Å². The molecule has 0 saturated carbocycles. The number of hydrogen-bond donors (Lipinski definition) is 1. The highest BCUT2D eigenvalue weighted by atomic mass is 79.9. The van der Waals surface area contributed by atoms with E-state index in [0.29, 0.717) is 25.3 Å². The highest BCUT2D eigenvalue weighted by Gasteiger charge is 2.28. The minimum atomic E-state index is -0.463. The van der Waals surface area contributed by atoms with Crippen molar-refractivity contribution in [3.05, 3.63) is 69.7 Å². The number of aryl methyl sites for hydroxylation is 1. The number of hydrogen-bond acceptors (Lipinski definition) is 3. The number of rotatable bonds is 10. The van der Waals surface area contributed by atoms with E-state index >= 15 is 0 Å². The molecule has 6 heteroatoms. The van der Waals surface area contributed by atoms with Crippen LogP contribution >= 0.6 is 27.7 Å². The van der Waals surface area contributed by atoms with E-state index in [4.69, 9.17) is 0 Å². The zero-order valence-corrected chi connectivity index (χ0v) is 19.7. The Balaban J connectivity index is 2.11. The number of carbonyl (C=O) groups is 2. The largest absolute Gasteiger partial charge is 0.355 e. The van der Waals surface area contributed by atoms with E-state index < -0.39 is 6.04 Å². The first kappa shape index (κ1) is 23.5. The van der Waals surface area contributed by atoms with Gasteiger partial charge in [-0.3, -0.25) is 9.59 Å². The Hall–Kier alpha value is -1.79. The van der Waals surface area contributed by atoms with Crippen molar-refractivity contribution in [2.24, 2.45) is 0 Å². The highest BCUT2D eigenvalue weighted by Crippen LogP contribution is 2.19. The monoisotopic (exact) mass is 476 g/mol. The van der Waals surface area contributed by atoms with Crippen molar-refractivity contribution in [3.63, 3.8) is 0 Å². The minimum absolute atomic E-state index is 0.00605. The number of halogens is 1. The van der Waals surface area contributed by atoms with E-state index in [1.54, 1.807) is 16.7 Å². The molecule has 0 heterocycles. The van der Waals surface area contributed by atoms with Gasteiger partial charge in [0.15, 0.2) is 0 Å². The molecule has 0 bridgehead atoms. The molecule has 156 valence electrons. The topological polar surface area (TPSA) is 49.4 Å². The zero-order valence-electron chi connectivity index (χ0n) is 17.3. The van der Waals surface area contributed by atoms with Crippen molar-refractivity contribution in [2.45, 2.75) is 45.5 Å². The maximum absolute atomic E-state index is 13.1. The van der Waals surface area contributed by atoms with Crippen LogP contribution < -0.4 is 5.32 Å². The van der Waals surface area contributed by atoms with Crippen LogP contribution in [0.4, 0.5) is 0 Å². The van der Waals surface area contributed by atoms with Gasteiger partial charge in [0.2, 0.25) is 11.8 Å². The van der Waals surface area contributed by atoms with Gasteiger partial charge in [-0.15, -0.1) is 11.8 Å². The smallest absolute Gasteiger partial charge is 0.242 e. The molecule has 1 atom stereocenters. The summed E-state index contributed by atoms with van der Waals surface area (Å²) in [6.45, 7) is 6.88. The lowest BCUT2D eigenvalue weighted by Gasteiger charge is -2.31. The molecule has 0 fully saturated rings. The molecule has 2 rings (SSSR count). The predicted molar refractivity (Wildman–Crippen MR) is 125 cm³/mol. The van der Waals surface area contributed by atoms with Gasteiger partial charge in [-0.2, -0.15) is 0 Å². The van der Waals surface area contributed by atoms with E-state index in [2.05, 4.69) is 33.4 Å². The number of benzene rings is 2. The average Bonchev–Trinajstić information content (AvgIpc) is 2.71. The second-order valence-corrected chi connectivity index (χ2v) is 8.79. The Morgan fingerprint density at radius 1 is 1.10 bits per heavy atom. The Morgan fingerprint density at radius 3 is 2.41 bits per heavy atom. The number of nitrogens with one attached hydrogen (secondary N) is 1. The van der Waals surface area contributed by atoms with Crippen molar-refractivity contribution < 1.29 is 9.59 Å². The van der Waals surface area contributed by atoms with Crippen molar-refractivity contribution in [2.75, 3.05) is 12.3 Å². The summed E-state index contributed by atoms with van der Waals surface area (Å²) < 4.78 is 1.04. The van der Waals surface area contributed by atoms with Gasteiger partial charge in [-0.1, -0.05) is 59.3 Å². The highest BCUT2D eigenvalue weighted by molar-refractivity contribution is 9.10. The normalized spacial score (nSPS) is 11.7. The van der Waals surface area contributed by atoms with Crippen LogP contribution in [0.5, 0.6) is 0 Å². The van der Waals surface area contributed by atoms with Crippen molar-refractivity contribution in [3.8, 4) is 0 Å². The quantitative estimate of drug-likeness (QED) is 0.528. The van der Waals surface area contributed by atoms with Gasteiger partial charge in [0, 0.05) is 23.3 Å². The summed E-state index contributed by atoms with van der Waals surface area (Å²) in [6, 6.07) is 15.7. The molecule has 1 N–H and O–H groups in total. The predicted octanol–water partition coefficient (Wildman–Crippen LogP) is 4.93. The maximum Gasteiger partial charge on any atom is 0.242 e. The van der Waals surface area contributed by atoms with Crippen molar-refractivity contribution in [1.82, 2.24) is 10.2 Å². The van der Waals surface area contributed by atoms with Crippen LogP contribution in [-0.4, -0.2) is 35.1 Å². The van der Waals surface area contributed by atoms with Gasteiger partial charge >= 0.3 is 0 Å². The Bertz CT molecular complexity index is 811. The standard InChI is InChI=1S/C23H29BrN2O2S/c1-4-21(23(28)25-5-2)26(14-19-9-7-6-8-17(19)3)22(27)16-29-15-18-10-12-20(24)13-11-18/h6-13,21H,4-5,14-16H2,1-3H3,(H,25,28)/t21-/m0/s1. The summed E-state index contributed by atoms with van der Waals surface area (Å²) in [4.78, 5) is 27.5. The number of amides is 2. The van der Waals surface area contributed by atoms with E-state index in [-0.39, 0.29) is 11.8 Å². The summed E-state index contributed by atoms with van der Waals surface area (Å²) in [7, 11) is 0. The molecule has 2 amide bonds. The van der Waals surface area contributed by atoms with Crippen LogP contribution in [0.1, 0.15) is 37.0 Å². The van der Waals surface area contributed by atoms with Crippen molar-refractivity contribution >= 4 is 39.5 Å². The molecule has 0 saturated heterocycles. The molecule has 0 radical (unpaired) electrons. The van der Waals surface area contributed by atoms with Crippen LogP contribution in [0.2, 0.25) is 0 Å². The third kappa shape index (κ3) is 7.19. The molecule has 4 nitrogen and oxygen atoms in total. The molecular weight excluding hydrogens is 448 g/mol. The van der Waals surface area contributed by atoms with E-state index in [1.807, 2.05) is 57.2 Å². The summed E-state index contributed by atoms with van der Waals surface area (Å²) in [6.07, 6.45) is 0.584. The lowest BCUT2D eigenvalue weighted by molar-refractivity contribution is -0.139. The molecular formula is C23H29BrN2O2S. The van der Waals surface area contributed by atoms with Crippen LogP contribution in [0.3, 0.4) is 0 Å². The van der Waals surface area contributed by atoms with E-state index in [9.17, 15) is 9.59 Å². The second-order valence-electron chi connectivity index (χ2n) is 6.89. The molecule has 0 aromatic heterocycles. The molecule has 0 unspecified atom stereocenters. The minimum Gasteiger partial charge on any atom is -0.355 e. The van der Waals surface area contributed by atoms with Gasteiger partial charge < -0.3 is 10.2 Å². The number of nitrogens with zero attached hydrogens (tertiary/aromatic N) is 1. The molecule has 0 aliphatic heterocycles. The van der Waals surface area contributed by atoms with Crippen LogP contribution in [0, 0.1) is 6.92 Å². The third-order valence-corrected chi connectivity index (χ3v) is 6.26. The third-order valence-electron chi connectivity index (χ3n) is 4.75. The molecule has 2 aromatic rings. The van der Waals surface area contributed by atoms with E-state index in [0.717, 1.165) is 21.4 Å². The summed E-state index contributed by atoms with van der Waals surface area (Å²) in [5.74, 6) is 1.01. The molecule has 2 aromatic carbocycles. The summed E-state index contributed by atoms with van der Waals surface area (Å²) in [5.41, 5.74) is 3.37. The maximum atomic E-state index is 13.1. The SMILES string of the molecule is CCNC(=O)[C@H](CC)N(Cc1ccccc1C)C(=O)CSCc1ccc(Br)cc1. The summed E-state index contributed by atoms with van der Waals surface area (Å²) >= 11 is 5.02. The van der Waals surface area contributed by atoms with Crippen LogP contribution in [-0.2, 0) is 21.9 Å². The van der Waals surface area contributed by atoms with Crippen LogP contribution in [0.25, 0.3) is 0 Å². The van der Waals surface area contributed by atoms with Crippen LogP contribution in [0.15, 0.2) is 53.0 Å². The lowest BCUT2D eigenvalue weighted by atomic mass is 10.1. The summed E-state index contributed by atoms with van der Waals surface area (Å²) in [5, 5.41) is 2.88. The van der Waals surface area contributed by atoms with Gasteiger partial charge in [0.05, 0.1) is 5.75 Å². The average molecular weight is 477 g/mol. The first-order valence-electron chi connectivity index (χ1n) is 9.90. The Morgan fingerprint density at radius 2 is 1.79 bits per heavy atom. The lowest BCUT2D eigenvalue weighted by Crippen LogP contribution is -2.49. The fourth-order valence-electron chi connectivity index (χ4n) is 3.10. The zero-order chi connectivity index (χ0) is 21.2. The van der Waals surface area contributed by atoms with E-state index in [1.165, 1.54) is 5.56 Å². The first-order chi connectivity index (χ1) is 14.0. The molecule has 0 spiro atoms. The number of carbonyl (C=O) groups excluding carboxylic acids is 2. The van der Waals surface area contributed by atoms with Gasteiger partial charge in [0.1, 0.15) is 6.04 Å². The Labute approximate surface area is 186 Å². The fraction of sp³-hybridized carbons (Fsp3) is 0.391. The fourth-order valence-corrected chi connectivity index (χ4v) is 4.24. The number of thioether (sulfide) groups is 1. The molecule has 29 heavy (non-hydrogen) atoms. The first-order valence-corrected chi connectivity index (χ1v) is 11.8. The van der Waals surface area contributed by atoms with Crippen molar-refractivity contribution in [1.29, 1.82) is 0 Å². The Kier molecular flexibility index (Phi) is 9.74. The van der Waals surface area contributed by atoms with Gasteiger partial charge in [-0.25, -0.2) is 0 Å². The molecule has 0 aliphatic carbocycles. The molecule has 0 aliphatic rings. The second kappa shape index (κ2) is 12.0.